The third-order valence-corrected chi connectivity index (χ3v) is 2.98. The fraction of sp³-hybridized carbons (Fsp3) is 0.545. The Morgan fingerprint density at radius 3 is 3.00 bits per heavy atom. The molecule has 0 aromatic carbocycles. The Balaban J connectivity index is 1.91. The molecule has 1 aromatic rings. The highest BCUT2D eigenvalue weighted by Crippen LogP contribution is 2.28. The molecule has 0 radical (unpaired) electrons. The van der Waals surface area contributed by atoms with E-state index in [1.807, 2.05) is 13.0 Å². The Morgan fingerprint density at radius 2 is 2.33 bits per heavy atom. The summed E-state index contributed by atoms with van der Waals surface area (Å²) in [5.74, 6) is 1.32. The fourth-order valence-corrected chi connectivity index (χ4v) is 1.82. The topological polar surface area (TPSA) is 71.2 Å². The van der Waals surface area contributed by atoms with Gasteiger partial charge in [-0.25, -0.2) is 4.98 Å². The van der Waals surface area contributed by atoms with Gasteiger partial charge in [0.25, 0.3) is 0 Å². The number of pyridine rings is 1. The van der Waals surface area contributed by atoms with Gasteiger partial charge in [-0.3, -0.25) is 0 Å². The molecule has 0 bridgehead atoms. The van der Waals surface area contributed by atoms with Crippen molar-refractivity contribution in [2.45, 2.75) is 25.9 Å². The number of nitrogens with zero attached hydrogens (tertiary/aromatic N) is 1. The molecule has 4 heteroatoms. The maximum absolute atomic E-state index is 9.15. The molecule has 1 aliphatic carbocycles. The van der Waals surface area contributed by atoms with Crippen molar-refractivity contribution in [3.05, 3.63) is 17.8 Å². The molecule has 0 atom stereocenters. The zero-order valence-electron chi connectivity index (χ0n) is 8.90. The molecular weight excluding hydrogens is 190 g/mol. The largest absolute Gasteiger partial charge is 0.396 e. The van der Waals surface area contributed by atoms with Crippen LogP contribution in [0.1, 0.15) is 18.4 Å². The van der Waals surface area contributed by atoms with Crippen molar-refractivity contribution in [3.63, 3.8) is 0 Å². The van der Waals surface area contributed by atoms with Gasteiger partial charge in [0.2, 0.25) is 0 Å². The number of nitrogens with two attached hydrogens (primary N) is 1. The molecule has 0 unspecified atom stereocenters. The predicted octanol–water partition coefficient (Wildman–Crippen LogP) is 1.16. The van der Waals surface area contributed by atoms with Gasteiger partial charge in [-0.15, -0.1) is 0 Å². The minimum absolute atomic E-state index is 0.0976. The van der Waals surface area contributed by atoms with Crippen LogP contribution in [-0.4, -0.2) is 22.7 Å². The first kappa shape index (κ1) is 10.2. The molecule has 1 saturated carbocycles. The van der Waals surface area contributed by atoms with E-state index in [0.717, 1.165) is 36.5 Å². The molecule has 0 spiro atoms. The van der Waals surface area contributed by atoms with E-state index in [1.165, 1.54) is 0 Å². The molecular formula is C11H17N3O. The molecule has 15 heavy (non-hydrogen) atoms. The Labute approximate surface area is 89.5 Å². The molecule has 1 fully saturated rings. The maximum atomic E-state index is 9.15. The average Bonchev–Trinajstić information content (AvgIpc) is 2.17. The van der Waals surface area contributed by atoms with Gasteiger partial charge in [0.15, 0.2) is 0 Å². The van der Waals surface area contributed by atoms with Crippen molar-refractivity contribution >= 4 is 11.5 Å². The molecule has 2 rings (SSSR count). The molecule has 0 aliphatic heterocycles. The number of nitrogen functional groups attached to an aromatic ring is 1. The highest BCUT2D eigenvalue weighted by atomic mass is 16.3. The van der Waals surface area contributed by atoms with Crippen molar-refractivity contribution < 1.29 is 5.11 Å². The van der Waals surface area contributed by atoms with Crippen LogP contribution >= 0.6 is 0 Å². The number of hydrogen-bond acceptors (Lipinski definition) is 4. The van der Waals surface area contributed by atoms with Crippen LogP contribution in [0.5, 0.6) is 0 Å². The standard InChI is InChI=1S/C11H17N3O/c1-7-2-3-13-11(10(7)12)14-6-8-4-9(15)5-8/h2-3,8-9,15H,4-6,12H2,1H3,(H,13,14). The number of anilines is 2. The molecule has 1 aromatic heterocycles. The minimum atomic E-state index is -0.0976. The SMILES string of the molecule is Cc1ccnc(NCC2CC(O)C2)c1N. The van der Waals surface area contributed by atoms with Gasteiger partial charge in [0.1, 0.15) is 5.82 Å². The highest BCUT2D eigenvalue weighted by molar-refractivity contribution is 5.64. The van der Waals surface area contributed by atoms with E-state index in [-0.39, 0.29) is 6.10 Å². The lowest BCUT2D eigenvalue weighted by Crippen LogP contribution is -2.33. The highest BCUT2D eigenvalue weighted by Gasteiger charge is 2.26. The van der Waals surface area contributed by atoms with Crippen molar-refractivity contribution in [2.75, 3.05) is 17.6 Å². The number of aliphatic hydroxyl groups excluding tert-OH is 1. The average molecular weight is 207 g/mol. The monoisotopic (exact) mass is 207 g/mol. The van der Waals surface area contributed by atoms with Crippen LogP contribution in [0, 0.1) is 12.8 Å². The zero-order valence-corrected chi connectivity index (χ0v) is 8.90. The number of aromatic nitrogens is 1. The summed E-state index contributed by atoms with van der Waals surface area (Å²) in [4.78, 5) is 4.19. The quantitative estimate of drug-likeness (QED) is 0.695. The Hall–Kier alpha value is -1.29. The van der Waals surface area contributed by atoms with E-state index in [1.54, 1.807) is 6.20 Å². The van der Waals surface area contributed by atoms with E-state index >= 15 is 0 Å². The van der Waals surface area contributed by atoms with Crippen LogP contribution in [0.15, 0.2) is 12.3 Å². The number of nitrogens with one attached hydrogen (secondary N) is 1. The van der Waals surface area contributed by atoms with Gasteiger partial charge in [-0.2, -0.15) is 0 Å². The van der Waals surface area contributed by atoms with E-state index in [0.29, 0.717) is 5.92 Å². The molecule has 0 saturated heterocycles. The van der Waals surface area contributed by atoms with Crippen molar-refractivity contribution in [2.24, 2.45) is 5.92 Å². The first-order valence-corrected chi connectivity index (χ1v) is 5.30. The van der Waals surface area contributed by atoms with Gasteiger partial charge >= 0.3 is 0 Å². The zero-order chi connectivity index (χ0) is 10.8. The molecule has 1 aliphatic rings. The number of hydrogen-bond donors (Lipinski definition) is 3. The minimum Gasteiger partial charge on any atom is -0.396 e. The molecule has 0 amide bonds. The van der Waals surface area contributed by atoms with E-state index < -0.39 is 0 Å². The Bertz CT molecular complexity index is 348. The first-order chi connectivity index (χ1) is 7.16. The third kappa shape index (κ3) is 2.21. The molecule has 4 nitrogen and oxygen atoms in total. The van der Waals surface area contributed by atoms with Crippen molar-refractivity contribution in [3.8, 4) is 0 Å². The summed E-state index contributed by atoms with van der Waals surface area (Å²) in [5, 5.41) is 12.4. The molecule has 4 N–H and O–H groups in total. The Kier molecular flexibility index (Phi) is 2.77. The van der Waals surface area contributed by atoms with Crippen molar-refractivity contribution in [1.29, 1.82) is 0 Å². The van der Waals surface area contributed by atoms with E-state index in [4.69, 9.17) is 10.8 Å². The summed E-state index contributed by atoms with van der Waals surface area (Å²) in [6.07, 6.45) is 3.43. The lowest BCUT2D eigenvalue weighted by Gasteiger charge is -2.31. The smallest absolute Gasteiger partial charge is 0.149 e. The van der Waals surface area contributed by atoms with Gasteiger partial charge in [-0.05, 0) is 37.3 Å². The van der Waals surface area contributed by atoms with Gasteiger partial charge in [-0.1, -0.05) is 0 Å². The summed E-state index contributed by atoms with van der Waals surface area (Å²) in [7, 11) is 0. The van der Waals surface area contributed by atoms with Gasteiger partial charge in [0, 0.05) is 12.7 Å². The van der Waals surface area contributed by atoms with Crippen LogP contribution in [-0.2, 0) is 0 Å². The second-order valence-corrected chi connectivity index (χ2v) is 4.26. The number of aliphatic hydroxyl groups is 1. The van der Waals surface area contributed by atoms with Gasteiger partial charge in [0.05, 0.1) is 11.8 Å². The van der Waals surface area contributed by atoms with Crippen LogP contribution in [0.4, 0.5) is 11.5 Å². The fourth-order valence-electron chi connectivity index (χ4n) is 1.82. The molecule has 1 heterocycles. The normalized spacial score (nSPS) is 24.7. The van der Waals surface area contributed by atoms with Crippen molar-refractivity contribution in [1.82, 2.24) is 4.98 Å². The summed E-state index contributed by atoms with van der Waals surface area (Å²) in [6, 6.07) is 1.90. The lowest BCUT2D eigenvalue weighted by atomic mass is 9.82. The maximum Gasteiger partial charge on any atom is 0.149 e. The Morgan fingerprint density at radius 1 is 1.60 bits per heavy atom. The molecule has 82 valence electrons. The number of aryl methyl sites for hydroxylation is 1. The van der Waals surface area contributed by atoms with Crippen LogP contribution in [0.25, 0.3) is 0 Å². The first-order valence-electron chi connectivity index (χ1n) is 5.30. The summed E-state index contributed by atoms with van der Waals surface area (Å²) >= 11 is 0. The van der Waals surface area contributed by atoms with Crippen LogP contribution < -0.4 is 11.1 Å². The van der Waals surface area contributed by atoms with Gasteiger partial charge < -0.3 is 16.2 Å². The second-order valence-electron chi connectivity index (χ2n) is 4.26. The lowest BCUT2D eigenvalue weighted by molar-refractivity contribution is 0.0486. The number of rotatable bonds is 3. The third-order valence-electron chi connectivity index (χ3n) is 2.98. The summed E-state index contributed by atoms with van der Waals surface area (Å²) < 4.78 is 0. The summed E-state index contributed by atoms with van der Waals surface area (Å²) in [5.41, 5.74) is 7.64. The van der Waals surface area contributed by atoms with E-state index in [2.05, 4.69) is 10.3 Å². The summed E-state index contributed by atoms with van der Waals surface area (Å²) in [6.45, 7) is 2.81. The van der Waals surface area contributed by atoms with E-state index in [9.17, 15) is 0 Å². The predicted molar refractivity (Wildman–Crippen MR) is 60.6 cm³/mol. The van der Waals surface area contributed by atoms with Crippen LogP contribution in [0.2, 0.25) is 0 Å². The second kappa shape index (κ2) is 4.06. The van der Waals surface area contributed by atoms with Crippen LogP contribution in [0.3, 0.4) is 0 Å².